The van der Waals surface area contributed by atoms with E-state index in [0.29, 0.717) is 17.8 Å². The molecule has 0 spiro atoms. The number of hydrogen-bond donors (Lipinski definition) is 0. The van der Waals surface area contributed by atoms with Crippen LogP contribution in [0.25, 0.3) is 0 Å². The minimum atomic E-state index is -4.65. The van der Waals surface area contributed by atoms with Gasteiger partial charge in [0.2, 0.25) is 10.3 Å². The summed E-state index contributed by atoms with van der Waals surface area (Å²) in [6, 6.07) is 10.7. The molecule has 0 aliphatic heterocycles. The number of nitrogens with zero attached hydrogens (tertiary/aromatic N) is 5. The van der Waals surface area contributed by atoms with Crippen molar-refractivity contribution in [3.05, 3.63) is 24.3 Å². The van der Waals surface area contributed by atoms with Crippen LogP contribution in [-0.4, -0.2) is 45.2 Å². The molecule has 0 amide bonds. The Hall–Kier alpha value is -1.09. The van der Waals surface area contributed by atoms with Crippen molar-refractivity contribution in [1.82, 2.24) is 0 Å². The molecule has 0 N–H and O–H groups in total. The summed E-state index contributed by atoms with van der Waals surface area (Å²) in [7, 11) is -0.904. The first-order valence-corrected chi connectivity index (χ1v) is 12.0. The molecule has 0 radical (unpaired) electrons. The molecule has 2 aliphatic rings. The molecule has 0 unspecified atom stereocenters. The number of hydrogen-bond acceptors (Lipinski definition) is 7. The summed E-state index contributed by atoms with van der Waals surface area (Å²) in [5.41, 5.74) is 1.26. The van der Waals surface area contributed by atoms with E-state index in [9.17, 15) is 13.0 Å². The van der Waals surface area contributed by atoms with Gasteiger partial charge in [-0.3, -0.25) is 0 Å². The van der Waals surface area contributed by atoms with Crippen LogP contribution >= 0.6 is 0 Å². The van der Waals surface area contributed by atoms with Crippen molar-refractivity contribution in [2.45, 2.75) is 76.3 Å². The third kappa shape index (κ3) is 12.5. The molecule has 0 saturated heterocycles. The Morgan fingerprint density at radius 3 is 1.71 bits per heavy atom. The Morgan fingerprint density at radius 2 is 1.32 bits per heavy atom. The molecule has 0 aromatic heterocycles. The first kappa shape index (κ1) is 27.9. The number of benzene rings is 1. The fraction of sp³-hybridized carbons (Fsp3) is 0.667. The van der Waals surface area contributed by atoms with Crippen molar-refractivity contribution in [2.24, 2.45) is 19.6 Å². The van der Waals surface area contributed by atoms with Gasteiger partial charge in [0, 0.05) is 19.8 Å². The normalized spacial score (nSPS) is 17.6. The van der Waals surface area contributed by atoms with E-state index in [1.165, 1.54) is 64.2 Å². The first-order chi connectivity index (χ1) is 14.3. The van der Waals surface area contributed by atoms with Gasteiger partial charge in [0.15, 0.2) is 0 Å². The quantitative estimate of drug-likeness (QED) is 0.292. The van der Waals surface area contributed by atoms with E-state index < -0.39 is 10.3 Å². The summed E-state index contributed by atoms with van der Waals surface area (Å²) in [5, 5.41) is 3.28. The second kappa shape index (κ2) is 14.9. The van der Waals surface area contributed by atoms with Gasteiger partial charge in [0.1, 0.15) is 0 Å². The van der Waals surface area contributed by atoms with Crippen LogP contribution in [0.15, 0.2) is 43.9 Å². The number of rotatable bonds is 5. The molecule has 3 rings (SSSR count). The fourth-order valence-corrected chi connectivity index (χ4v) is 3.73. The fourth-order valence-electron chi connectivity index (χ4n) is 3.53. The topological polar surface area (TPSA) is 110 Å². The molecule has 166 valence electrons. The van der Waals surface area contributed by atoms with Gasteiger partial charge in [-0.25, -0.2) is 18.4 Å². The number of anilines is 1. The Bertz CT molecular complexity index is 803. The van der Waals surface area contributed by atoms with E-state index in [4.69, 9.17) is 0 Å². The van der Waals surface area contributed by atoms with Crippen LogP contribution in [0.3, 0.4) is 0 Å². The molecule has 0 atom stereocenters. The van der Waals surface area contributed by atoms with E-state index in [2.05, 4.69) is 25.6 Å². The van der Waals surface area contributed by atoms with Gasteiger partial charge in [0.05, 0.1) is 23.8 Å². The average molecular weight is 458 g/mol. The monoisotopic (exact) mass is 457 g/mol. The Balaban J connectivity index is 0.000000300. The molecular weight excluding hydrogens is 425 g/mol. The molecule has 1 aromatic carbocycles. The Labute approximate surface area is 208 Å². The molecule has 31 heavy (non-hydrogen) atoms. The Kier molecular flexibility index (Phi) is 13.4. The van der Waals surface area contributed by atoms with Crippen LogP contribution in [0.5, 0.6) is 0 Å². The van der Waals surface area contributed by atoms with Crippen LogP contribution in [0.1, 0.15) is 64.2 Å². The van der Waals surface area contributed by atoms with Crippen molar-refractivity contribution >= 4 is 27.7 Å². The summed E-state index contributed by atoms with van der Waals surface area (Å²) in [6.45, 7) is 0. The second-order valence-electron chi connectivity index (χ2n) is 7.96. The van der Waals surface area contributed by atoms with Crippen molar-refractivity contribution in [3.63, 3.8) is 0 Å². The maximum absolute atomic E-state index is 10.2. The molecule has 0 heterocycles. The predicted molar refractivity (Wildman–Crippen MR) is 119 cm³/mol. The van der Waals surface area contributed by atoms with Gasteiger partial charge in [-0.15, -0.1) is 5.11 Å². The van der Waals surface area contributed by atoms with Crippen LogP contribution in [-0.2, 0) is 10.3 Å². The van der Waals surface area contributed by atoms with Crippen LogP contribution in [0.2, 0.25) is 0 Å². The average Bonchev–Trinajstić information content (AvgIpc) is 2.74. The molecule has 2 aliphatic carbocycles. The predicted octanol–water partition coefficient (Wildman–Crippen LogP) is 2.13. The SMILES string of the molecule is C(=NC1CCCCC1)=NC1CCCCC1.CN(C)c1ccc(N=NS(=O)(=O)[O-])cc1.[Na+]. The van der Waals surface area contributed by atoms with Crippen LogP contribution in [0.4, 0.5) is 11.4 Å². The summed E-state index contributed by atoms with van der Waals surface area (Å²) < 4.78 is 33.1. The molecule has 0 bridgehead atoms. The molecule has 2 fully saturated rings. The van der Waals surface area contributed by atoms with E-state index in [1.807, 2.05) is 19.0 Å². The number of aliphatic imine (C=N–C) groups is 2. The molecule has 10 heteroatoms. The minimum absolute atomic E-state index is 0. The smallest absolute Gasteiger partial charge is 0.728 e. The van der Waals surface area contributed by atoms with E-state index in [0.717, 1.165) is 5.69 Å². The third-order valence-electron chi connectivity index (χ3n) is 5.25. The standard InChI is InChI=1S/C13H22N2.C8H11N3O3S.Na/c1-3-7-12(8-4-1)14-11-15-13-9-5-2-6-10-13;1-11(2)8-5-3-7(4-6-8)9-10-15(12,13)14;/h12-13H,1-10H2;3-6H,1-2H3,(H,12,13,14);/q;;+1/p-1. The first-order valence-electron chi connectivity index (χ1n) is 10.6. The summed E-state index contributed by atoms with van der Waals surface area (Å²) >= 11 is 0. The molecule has 8 nitrogen and oxygen atoms in total. The van der Waals surface area contributed by atoms with E-state index in [1.54, 1.807) is 24.3 Å². The van der Waals surface area contributed by atoms with Crippen LogP contribution in [0, 0.1) is 0 Å². The molecule has 1 aromatic rings. The van der Waals surface area contributed by atoms with Crippen molar-refractivity contribution in [2.75, 3.05) is 19.0 Å². The third-order valence-corrected chi connectivity index (χ3v) is 5.53. The van der Waals surface area contributed by atoms with Crippen molar-refractivity contribution in [3.8, 4) is 0 Å². The van der Waals surface area contributed by atoms with Crippen molar-refractivity contribution in [1.29, 1.82) is 0 Å². The summed E-state index contributed by atoms with van der Waals surface area (Å²) in [5.74, 6) is 0. The molecule has 2 saturated carbocycles. The van der Waals surface area contributed by atoms with Gasteiger partial charge in [0.25, 0.3) is 0 Å². The van der Waals surface area contributed by atoms with Gasteiger partial charge in [-0.2, -0.15) is 0 Å². The largest absolute Gasteiger partial charge is 1.00 e. The van der Waals surface area contributed by atoms with Crippen LogP contribution < -0.4 is 34.5 Å². The Morgan fingerprint density at radius 1 is 0.871 bits per heavy atom. The zero-order chi connectivity index (χ0) is 21.8. The van der Waals surface area contributed by atoms with Gasteiger partial charge < -0.3 is 9.45 Å². The van der Waals surface area contributed by atoms with Gasteiger partial charge in [-0.1, -0.05) is 43.0 Å². The minimum Gasteiger partial charge on any atom is -0.728 e. The zero-order valence-electron chi connectivity index (χ0n) is 18.9. The summed E-state index contributed by atoms with van der Waals surface area (Å²) in [4.78, 5) is 10.8. The van der Waals surface area contributed by atoms with Gasteiger partial charge >= 0.3 is 29.6 Å². The molecular formula is C21H32N5NaO3S. The maximum Gasteiger partial charge on any atom is 1.00 e. The summed E-state index contributed by atoms with van der Waals surface area (Å²) in [6.07, 6.45) is 13.2. The second-order valence-corrected chi connectivity index (χ2v) is 8.98. The van der Waals surface area contributed by atoms with E-state index in [-0.39, 0.29) is 29.6 Å². The maximum atomic E-state index is 10.2. The zero-order valence-corrected chi connectivity index (χ0v) is 21.7. The van der Waals surface area contributed by atoms with E-state index >= 15 is 0 Å². The van der Waals surface area contributed by atoms with Crippen molar-refractivity contribution < 1.29 is 42.5 Å². The van der Waals surface area contributed by atoms with Gasteiger partial charge in [-0.05, 0) is 49.9 Å².